The van der Waals surface area contributed by atoms with E-state index < -0.39 is 84.6 Å². The largest absolute Gasteiger partial charge is 0.481 e. The van der Waals surface area contributed by atoms with E-state index in [-0.39, 0.29) is 18.3 Å². The van der Waals surface area contributed by atoms with E-state index in [4.69, 9.17) is 10.8 Å². The highest BCUT2D eigenvalue weighted by Crippen LogP contribution is 2.08. The highest BCUT2D eigenvalue weighted by atomic mass is 16.4. The van der Waals surface area contributed by atoms with E-state index in [1.54, 1.807) is 20.8 Å². The molecule has 0 aliphatic rings. The van der Waals surface area contributed by atoms with Crippen LogP contribution < -0.4 is 27.0 Å². The number of hydrogen-bond acceptors (Lipinski definition) is 8. The molecular formula is C23H39N5O10. The lowest BCUT2D eigenvalue weighted by Gasteiger charge is -2.26. The van der Waals surface area contributed by atoms with Gasteiger partial charge in [-0.25, -0.2) is 4.79 Å². The molecule has 0 rings (SSSR count). The first kappa shape index (κ1) is 34.2. The lowest BCUT2D eigenvalue weighted by molar-refractivity contribution is -0.147. The van der Waals surface area contributed by atoms with Gasteiger partial charge in [-0.3, -0.25) is 28.8 Å². The van der Waals surface area contributed by atoms with Crippen LogP contribution in [-0.4, -0.2) is 87.1 Å². The first-order chi connectivity index (χ1) is 17.5. The maximum Gasteiger partial charge on any atom is 0.326 e. The molecule has 0 aliphatic carbocycles. The zero-order valence-electron chi connectivity index (χ0n) is 22.1. The van der Waals surface area contributed by atoms with Crippen molar-refractivity contribution in [2.45, 2.75) is 90.5 Å². The zero-order chi connectivity index (χ0) is 29.7. The summed E-state index contributed by atoms with van der Waals surface area (Å²) in [5.41, 5.74) is 5.84. The Hall–Kier alpha value is -3.75. The molecule has 0 saturated heterocycles. The van der Waals surface area contributed by atoms with Crippen molar-refractivity contribution in [2.24, 2.45) is 17.6 Å². The maximum atomic E-state index is 12.9. The van der Waals surface area contributed by atoms with Crippen molar-refractivity contribution in [3.05, 3.63) is 0 Å². The molecule has 0 fully saturated rings. The molecule has 9 N–H and O–H groups in total. The first-order valence-electron chi connectivity index (χ1n) is 12.1. The third-order valence-electron chi connectivity index (χ3n) is 5.66. The van der Waals surface area contributed by atoms with Crippen molar-refractivity contribution in [3.63, 3.8) is 0 Å². The fraction of sp³-hybridized carbons (Fsp3) is 0.696. The van der Waals surface area contributed by atoms with Crippen LogP contribution in [0.3, 0.4) is 0 Å². The molecule has 0 aromatic rings. The summed E-state index contributed by atoms with van der Waals surface area (Å²) in [5.74, 6) is -8.44. The summed E-state index contributed by atoms with van der Waals surface area (Å²) in [7, 11) is 0. The third kappa shape index (κ3) is 12.5. The predicted octanol–water partition coefficient (Wildman–Crippen LogP) is -1.60. The molecule has 0 aromatic heterocycles. The summed E-state index contributed by atoms with van der Waals surface area (Å²) in [6, 6.07) is -6.85. The van der Waals surface area contributed by atoms with Crippen LogP contribution in [0.2, 0.25) is 0 Å². The highest BCUT2D eigenvalue weighted by Gasteiger charge is 2.33. The number of nitrogens with two attached hydrogens (primary N) is 1. The molecule has 38 heavy (non-hydrogen) atoms. The van der Waals surface area contributed by atoms with Crippen molar-refractivity contribution < 1.29 is 48.9 Å². The second-order valence-corrected chi connectivity index (χ2v) is 9.49. The Morgan fingerprint density at radius 2 is 1.11 bits per heavy atom. The van der Waals surface area contributed by atoms with E-state index in [9.17, 15) is 43.8 Å². The number of amides is 4. The Morgan fingerprint density at radius 1 is 0.658 bits per heavy atom. The molecular weight excluding hydrogens is 506 g/mol. The molecule has 6 atom stereocenters. The van der Waals surface area contributed by atoms with Crippen LogP contribution in [0.15, 0.2) is 0 Å². The Labute approximate surface area is 220 Å². The van der Waals surface area contributed by atoms with Gasteiger partial charge in [0.1, 0.15) is 24.2 Å². The summed E-state index contributed by atoms with van der Waals surface area (Å²) < 4.78 is 0. The normalized spacial score (nSPS) is 15.7. The molecule has 216 valence electrons. The quantitative estimate of drug-likeness (QED) is 0.103. The van der Waals surface area contributed by atoms with Crippen LogP contribution >= 0.6 is 0 Å². The second kappa shape index (κ2) is 16.2. The van der Waals surface area contributed by atoms with Crippen LogP contribution in [0.4, 0.5) is 0 Å². The fourth-order valence-electron chi connectivity index (χ4n) is 3.19. The summed E-state index contributed by atoms with van der Waals surface area (Å²) in [6.07, 6.45) is -1.17. The van der Waals surface area contributed by atoms with Gasteiger partial charge < -0.3 is 42.3 Å². The van der Waals surface area contributed by atoms with Crippen LogP contribution in [0.25, 0.3) is 0 Å². The van der Waals surface area contributed by atoms with E-state index in [1.165, 1.54) is 6.92 Å². The van der Waals surface area contributed by atoms with E-state index in [0.29, 0.717) is 6.42 Å². The first-order valence-corrected chi connectivity index (χ1v) is 12.1. The number of carboxylic acid groups (broad SMARTS) is 3. The van der Waals surface area contributed by atoms with Gasteiger partial charge in [-0.05, 0) is 25.2 Å². The van der Waals surface area contributed by atoms with Gasteiger partial charge in [0.05, 0.1) is 18.9 Å². The van der Waals surface area contributed by atoms with E-state index in [1.807, 2.05) is 12.2 Å². The third-order valence-corrected chi connectivity index (χ3v) is 5.66. The van der Waals surface area contributed by atoms with Crippen molar-refractivity contribution in [2.75, 3.05) is 0 Å². The molecule has 0 aromatic carbocycles. The molecule has 15 nitrogen and oxygen atoms in total. The number of carboxylic acids is 3. The van der Waals surface area contributed by atoms with E-state index in [2.05, 4.69) is 16.0 Å². The minimum absolute atomic E-state index is 0.00924. The Bertz CT molecular complexity index is 894. The topological polar surface area (TPSA) is 254 Å². The molecule has 0 aliphatic heterocycles. The van der Waals surface area contributed by atoms with Gasteiger partial charge in [0, 0.05) is 0 Å². The van der Waals surface area contributed by atoms with E-state index in [0.717, 1.165) is 0 Å². The van der Waals surface area contributed by atoms with Crippen LogP contribution in [0.5, 0.6) is 0 Å². The minimum Gasteiger partial charge on any atom is -0.481 e. The molecule has 0 spiro atoms. The second-order valence-electron chi connectivity index (χ2n) is 9.49. The summed E-state index contributed by atoms with van der Waals surface area (Å²) in [4.78, 5) is 84.1. The molecule has 0 radical (unpaired) electrons. The molecule has 4 amide bonds. The number of carbonyl (C=O) groups is 7. The number of rotatable bonds is 17. The van der Waals surface area contributed by atoms with Gasteiger partial charge in [-0.2, -0.15) is 0 Å². The lowest BCUT2D eigenvalue weighted by Crippen LogP contribution is -2.58. The molecule has 15 heteroatoms. The lowest BCUT2D eigenvalue weighted by atomic mass is 9.99. The van der Waals surface area contributed by atoms with Gasteiger partial charge in [0.25, 0.3) is 0 Å². The Morgan fingerprint density at radius 3 is 1.55 bits per heavy atom. The number of nitrogens with one attached hydrogen (secondary N) is 4. The fourth-order valence-corrected chi connectivity index (χ4v) is 3.19. The van der Waals surface area contributed by atoms with Gasteiger partial charge in [0.2, 0.25) is 23.6 Å². The van der Waals surface area contributed by atoms with Crippen molar-refractivity contribution in [1.82, 2.24) is 21.3 Å². The molecule has 0 bridgehead atoms. The van der Waals surface area contributed by atoms with Crippen LogP contribution in [-0.2, 0) is 33.6 Å². The molecule has 0 unspecified atom stereocenters. The zero-order valence-corrected chi connectivity index (χ0v) is 22.1. The monoisotopic (exact) mass is 545 g/mol. The van der Waals surface area contributed by atoms with Crippen LogP contribution in [0.1, 0.15) is 60.3 Å². The number of carbonyl (C=O) groups excluding carboxylic acids is 4. The van der Waals surface area contributed by atoms with Gasteiger partial charge >= 0.3 is 17.9 Å². The van der Waals surface area contributed by atoms with Gasteiger partial charge in [0.15, 0.2) is 0 Å². The molecule has 0 heterocycles. The summed E-state index contributed by atoms with van der Waals surface area (Å²) in [5, 5.41) is 36.3. The number of hydrogen-bond donors (Lipinski definition) is 8. The highest BCUT2D eigenvalue weighted by molar-refractivity contribution is 5.97. The summed E-state index contributed by atoms with van der Waals surface area (Å²) in [6.45, 7) is 8.30. The molecule has 0 saturated carbocycles. The van der Waals surface area contributed by atoms with Crippen molar-refractivity contribution in [1.29, 1.82) is 0 Å². The van der Waals surface area contributed by atoms with Gasteiger partial charge in [-0.15, -0.1) is 0 Å². The average molecular weight is 546 g/mol. The Kier molecular flexibility index (Phi) is 14.6. The smallest absolute Gasteiger partial charge is 0.326 e. The SMILES string of the molecule is CC[C@H](C)[C@H](N)C(=O)N[C@@H](C)C(=O)N[C@@H](CC(=O)O)C(=O)N[C@@H](CC(C)C)C(=O)N[C@@H](CC(=O)O)C(=O)O. The van der Waals surface area contributed by atoms with E-state index >= 15 is 0 Å². The minimum atomic E-state index is -1.77. The summed E-state index contributed by atoms with van der Waals surface area (Å²) >= 11 is 0. The van der Waals surface area contributed by atoms with Crippen molar-refractivity contribution in [3.8, 4) is 0 Å². The maximum absolute atomic E-state index is 12.9. The standard InChI is InChI=1S/C23H39N5O10/c1-6-11(4)18(24)22(36)25-12(5)19(33)26-14(8-16(29)30)21(35)27-13(7-10(2)3)20(34)28-15(23(37)38)9-17(31)32/h10-15,18H,6-9,24H2,1-5H3,(H,25,36)(H,26,33)(H,27,35)(H,28,34)(H,29,30)(H,31,32)(H,37,38)/t11-,12-,13-,14-,15-,18-/m0/s1. The average Bonchev–Trinajstić information content (AvgIpc) is 2.80. The number of aliphatic carboxylic acids is 3. The van der Waals surface area contributed by atoms with Crippen molar-refractivity contribution >= 4 is 41.5 Å². The van der Waals surface area contributed by atoms with Crippen LogP contribution in [0, 0.1) is 11.8 Å². The van der Waals surface area contributed by atoms with Gasteiger partial charge in [-0.1, -0.05) is 34.1 Å². The Balaban J connectivity index is 5.60. The predicted molar refractivity (Wildman–Crippen MR) is 132 cm³/mol.